The van der Waals surface area contributed by atoms with Crippen LogP contribution in [0, 0.1) is 18.8 Å². The summed E-state index contributed by atoms with van der Waals surface area (Å²) in [7, 11) is 2.25. The molecule has 1 aromatic rings. The second kappa shape index (κ2) is 4.27. The molecule has 0 spiro atoms. The van der Waals surface area contributed by atoms with Crippen molar-refractivity contribution in [1.29, 1.82) is 0 Å². The minimum atomic E-state index is 0.217. The van der Waals surface area contributed by atoms with Gasteiger partial charge in [0.15, 0.2) is 0 Å². The maximum Gasteiger partial charge on any atom is 0.0551 e. The van der Waals surface area contributed by atoms with Gasteiger partial charge in [-0.25, -0.2) is 0 Å². The molecule has 3 atom stereocenters. The predicted molar refractivity (Wildman–Crippen MR) is 76.8 cm³/mol. The summed E-state index contributed by atoms with van der Waals surface area (Å²) in [5, 5.41) is 0. The lowest BCUT2D eigenvalue weighted by molar-refractivity contribution is 0.267. The molecule has 0 saturated heterocycles. The first-order valence-electron chi connectivity index (χ1n) is 7.17. The molecule has 0 aliphatic heterocycles. The van der Waals surface area contributed by atoms with E-state index in [0.717, 1.165) is 18.4 Å². The monoisotopic (exact) mass is 244 g/mol. The van der Waals surface area contributed by atoms with Crippen LogP contribution in [0.15, 0.2) is 24.3 Å². The third-order valence-corrected chi connectivity index (χ3v) is 5.44. The summed E-state index contributed by atoms with van der Waals surface area (Å²) in [6.07, 6.45) is 5.48. The Balaban J connectivity index is 1.96. The number of likely N-dealkylation sites (N-methyl/N-ethyl adjacent to an activating group) is 1. The number of benzene rings is 1. The van der Waals surface area contributed by atoms with E-state index in [1.807, 2.05) is 0 Å². The fourth-order valence-corrected chi connectivity index (χ4v) is 4.39. The average molecular weight is 244 g/mol. The summed E-state index contributed by atoms with van der Waals surface area (Å²) >= 11 is 0. The number of anilines is 1. The van der Waals surface area contributed by atoms with Gasteiger partial charge in [-0.15, -0.1) is 0 Å². The summed E-state index contributed by atoms with van der Waals surface area (Å²) in [6, 6.07) is 8.68. The minimum absolute atomic E-state index is 0.217. The zero-order valence-corrected chi connectivity index (χ0v) is 11.5. The highest BCUT2D eigenvalue weighted by atomic mass is 15.2. The van der Waals surface area contributed by atoms with Crippen LogP contribution in [0.25, 0.3) is 0 Å². The fourth-order valence-electron chi connectivity index (χ4n) is 4.39. The second-order valence-corrected chi connectivity index (χ2v) is 6.23. The lowest BCUT2D eigenvalue weighted by Gasteiger charge is -2.46. The lowest BCUT2D eigenvalue weighted by Crippen LogP contribution is -2.56. The molecule has 0 amide bonds. The molecule has 0 heterocycles. The van der Waals surface area contributed by atoms with Gasteiger partial charge in [0.25, 0.3) is 0 Å². The zero-order chi connectivity index (χ0) is 12.8. The first-order chi connectivity index (χ1) is 8.67. The third kappa shape index (κ3) is 1.58. The van der Waals surface area contributed by atoms with Crippen molar-refractivity contribution in [3.63, 3.8) is 0 Å². The number of nitrogens with zero attached hydrogens (tertiary/aromatic N) is 1. The highest BCUT2D eigenvalue weighted by Gasteiger charge is 2.52. The van der Waals surface area contributed by atoms with E-state index in [1.165, 1.54) is 36.9 Å². The van der Waals surface area contributed by atoms with Crippen molar-refractivity contribution in [2.24, 2.45) is 17.6 Å². The Morgan fingerprint density at radius 1 is 1.33 bits per heavy atom. The molecule has 1 aromatic carbocycles. The maximum absolute atomic E-state index is 6.20. The van der Waals surface area contributed by atoms with Gasteiger partial charge in [-0.1, -0.05) is 18.2 Å². The van der Waals surface area contributed by atoms with Crippen molar-refractivity contribution in [3.05, 3.63) is 29.8 Å². The van der Waals surface area contributed by atoms with Crippen molar-refractivity contribution in [2.45, 2.75) is 38.1 Å². The standard InChI is InChI=1S/C16H24N2/c1-12-5-3-4-6-15(12)18(2)16(11-17)10-13-7-8-14(16)9-13/h3-6,13-14H,7-11,17H2,1-2H3. The number of rotatable bonds is 3. The lowest BCUT2D eigenvalue weighted by atomic mass is 9.79. The van der Waals surface area contributed by atoms with E-state index in [1.54, 1.807) is 0 Å². The Labute approximate surface area is 110 Å². The molecule has 2 N–H and O–H groups in total. The van der Waals surface area contributed by atoms with E-state index in [9.17, 15) is 0 Å². The molecule has 18 heavy (non-hydrogen) atoms. The summed E-state index contributed by atoms with van der Waals surface area (Å²) in [5.41, 5.74) is 9.13. The topological polar surface area (TPSA) is 29.3 Å². The van der Waals surface area contributed by atoms with Crippen LogP contribution in [0.5, 0.6) is 0 Å². The number of hydrogen-bond donors (Lipinski definition) is 1. The SMILES string of the molecule is Cc1ccccc1N(C)C1(CN)CC2CCC1C2. The summed E-state index contributed by atoms with van der Waals surface area (Å²) in [5.74, 6) is 1.72. The Bertz CT molecular complexity index is 442. The quantitative estimate of drug-likeness (QED) is 0.885. The molecule has 2 fully saturated rings. The Hall–Kier alpha value is -1.02. The van der Waals surface area contributed by atoms with Gasteiger partial charge in [-0.2, -0.15) is 0 Å². The van der Waals surface area contributed by atoms with Crippen molar-refractivity contribution in [2.75, 3.05) is 18.5 Å². The molecule has 2 aliphatic carbocycles. The van der Waals surface area contributed by atoms with Gasteiger partial charge in [0, 0.05) is 19.3 Å². The number of fused-ring (bicyclic) bond motifs is 2. The molecular weight excluding hydrogens is 220 g/mol. The smallest absolute Gasteiger partial charge is 0.0551 e. The van der Waals surface area contributed by atoms with E-state index in [-0.39, 0.29) is 5.54 Å². The maximum atomic E-state index is 6.20. The molecule has 0 radical (unpaired) electrons. The van der Waals surface area contributed by atoms with E-state index < -0.39 is 0 Å². The van der Waals surface area contributed by atoms with Crippen molar-refractivity contribution in [3.8, 4) is 0 Å². The molecule has 2 saturated carbocycles. The Kier molecular flexibility index (Phi) is 2.86. The Morgan fingerprint density at radius 2 is 2.11 bits per heavy atom. The van der Waals surface area contributed by atoms with E-state index >= 15 is 0 Å². The molecule has 2 heteroatoms. The van der Waals surface area contributed by atoms with Gasteiger partial charge in [-0.3, -0.25) is 0 Å². The predicted octanol–water partition coefficient (Wildman–Crippen LogP) is 2.95. The van der Waals surface area contributed by atoms with Gasteiger partial charge in [0.2, 0.25) is 0 Å². The first kappa shape index (κ1) is 12.0. The van der Waals surface area contributed by atoms with Crippen LogP contribution in [0.1, 0.15) is 31.2 Å². The van der Waals surface area contributed by atoms with Crippen LogP contribution in [-0.4, -0.2) is 19.1 Å². The van der Waals surface area contributed by atoms with Crippen LogP contribution >= 0.6 is 0 Å². The van der Waals surface area contributed by atoms with Gasteiger partial charge in [0.05, 0.1) is 5.54 Å². The highest BCUT2D eigenvalue weighted by Crippen LogP contribution is 2.53. The fraction of sp³-hybridized carbons (Fsp3) is 0.625. The molecule has 98 valence electrons. The molecule has 3 rings (SSSR count). The van der Waals surface area contributed by atoms with Crippen LogP contribution in [0.3, 0.4) is 0 Å². The first-order valence-corrected chi connectivity index (χ1v) is 7.17. The van der Waals surface area contributed by atoms with Crippen LogP contribution in [0.4, 0.5) is 5.69 Å². The average Bonchev–Trinajstić information content (AvgIpc) is 2.99. The summed E-state index contributed by atoms with van der Waals surface area (Å²) < 4.78 is 0. The van der Waals surface area contributed by atoms with Gasteiger partial charge in [0.1, 0.15) is 0 Å². The van der Waals surface area contributed by atoms with Gasteiger partial charge < -0.3 is 10.6 Å². The molecule has 2 aliphatic rings. The summed E-state index contributed by atoms with van der Waals surface area (Å²) in [4.78, 5) is 2.49. The van der Waals surface area contributed by atoms with Crippen molar-refractivity contribution < 1.29 is 0 Å². The zero-order valence-electron chi connectivity index (χ0n) is 11.5. The van der Waals surface area contributed by atoms with Crippen molar-refractivity contribution in [1.82, 2.24) is 0 Å². The second-order valence-electron chi connectivity index (χ2n) is 6.23. The Morgan fingerprint density at radius 3 is 2.67 bits per heavy atom. The van der Waals surface area contributed by atoms with Gasteiger partial charge in [-0.05, 0) is 56.1 Å². The molecule has 2 bridgehead atoms. The molecule has 3 unspecified atom stereocenters. The number of nitrogens with two attached hydrogens (primary N) is 1. The summed E-state index contributed by atoms with van der Waals surface area (Å²) in [6.45, 7) is 2.99. The number of aryl methyl sites for hydroxylation is 1. The van der Waals surface area contributed by atoms with E-state index in [4.69, 9.17) is 5.73 Å². The number of hydrogen-bond acceptors (Lipinski definition) is 2. The largest absolute Gasteiger partial charge is 0.367 e. The van der Waals surface area contributed by atoms with Crippen LogP contribution in [0.2, 0.25) is 0 Å². The highest BCUT2D eigenvalue weighted by molar-refractivity contribution is 5.55. The van der Waals surface area contributed by atoms with E-state index in [0.29, 0.717) is 0 Å². The minimum Gasteiger partial charge on any atom is -0.367 e. The normalized spacial score (nSPS) is 33.9. The van der Waals surface area contributed by atoms with Crippen LogP contribution in [-0.2, 0) is 0 Å². The van der Waals surface area contributed by atoms with Crippen LogP contribution < -0.4 is 10.6 Å². The molecule has 2 nitrogen and oxygen atoms in total. The number of para-hydroxylation sites is 1. The van der Waals surface area contributed by atoms with E-state index in [2.05, 4.69) is 43.1 Å². The van der Waals surface area contributed by atoms with Crippen molar-refractivity contribution >= 4 is 5.69 Å². The molecular formula is C16H24N2. The van der Waals surface area contributed by atoms with Gasteiger partial charge >= 0.3 is 0 Å². The molecule has 0 aromatic heterocycles. The third-order valence-electron chi connectivity index (χ3n) is 5.44.